The quantitative estimate of drug-likeness (QED) is 0.779. The Hall–Kier alpha value is -0.780. The van der Waals surface area contributed by atoms with Gasteiger partial charge >= 0.3 is 0 Å². The van der Waals surface area contributed by atoms with E-state index in [4.69, 9.17) is 10.5 Å². The molecule has 0 aliphatic rings. The number of hydrogen-bond donors (Lipinski definition) is 3. The summed E-state index contributed by atoms with van der Waals surface area (Å²) in [4.78, 5) is 0. The maximum atomic E-state index is 9.73. The molecule has 0 fully saturated rings. The molecule has 5 heteroatoms. The first-order chi connectivity index (χ1) is 7.11. The maximum absolute atomic E-state index is 9.73. The Morgan fingerprint density at radius 2 is 2.20 bits per heavy atom. The fourth-order valence-electron chi connectivity index (χ4n) is 1.30. The van der Waals surface area contributed by atoms with Crippen LogP contribution in [0.5, 0.6) is 11.5 Å². The largest absolute Gasteiger partial charge is 0.503 e. The summed E-state index contributed by atoms with van der Waals surface area (Å²) in [5, 5.41) is 19.4. The summed E-state index contributed by atoms with van der Waals surface area (Å²) in [5.41, 5.74) is 5.96. The molecule has 1 atom stereocenters. The number of methoxy groups -OCH3 is 1. The van der Waals surface area contributed by atoms with Crippen LogP contribution in [0.2, 0.25) is 0 Å². The van der Waals surface area contributed by atoms with Crippen LogP contribution < -0.4 is 10.5 Å². The summed E-state index contributed by atoms with van der Waals surface area (Å²) < 4.78 is 5.38. The molecule has 0 aromatic heterocycles. The predicted molar refractivity (Wildman–Crippen MR) is 61.0 cm³/mol. The second-order valence-corrected chi connectivity index (χ2v) is 3.91. The van der Waals surface area contributed by atoms with Crippen LogP contribution in [0.3, 0.4) is 0 Å². The number of rotatable bonds is 4. The first-order valence-corrected chi connectivity index (χ1v) is 5.34. The van der Waals surface area contributed by atoms with E-state index in [1.54, 1.807) is 12.1 Å². The van der Waals surface area contributed by atoms with Gasteiger partial charge < -0.3 is 20.7 Å². The van der Waals surface area contributed by atoms with Crippen molar-refractivity contribution < 1.29 is 14.9 Å². The SMILES string of the molecule is COc1ccc(C(O)CCN)c(Br)c1O. The van der Waals surface area contributed by atoms with Gasteiger partial charge in [0.25, 0.3) is 0 Å². The zero-order chi connectivity index (χ0) is 11.4. The molecule has 0 aliphatic carbocycles. The van der Waals surface area contributed by atoms with Gasteiger partial charge in [0.15, 0.2) is 11.5 Å². The van der Waals surface area contributed by atoms with Crippen LogP contribution in [-0.2, 0) is 0 Å². The number of aromatic hydroxyl groups is 1. The number of aliphatic hydroxyl groups excluding tert-OH is 1. The number of phenols is 1. The third-order valence-electron chi connectivity index (χ3n) is 2.13. The van der Waals surface area contributed by atoms with E-state index in [0.717, 1.165) is 0 Å². The molecule has 1 rings (SSSR count). The minimum atomic E-state index is -0.679. The summed E-state index contributed by atoms with van der Waals surface area (Å²) >= 11 is 3.21. The van der Waals surface area contributed by atoms with E-state index in [-0.39, 0.29) is 5.75 Å². The lowest BCUT2D eigenvalue weighted by Crippen LogP contribution is -2.07. The third kappa shape index (κ3) is 2.62. The predicted octanol–water partition coefficient (Wildman–Crippen LogP) is 1.55. The van der Waals surface area contributed by atoms with Crippen molar-refractivity contribution in [2.45, 2.75) is 12.5 Å². The lowest BCUT2D eigenvalue weighted by molar-refractivity contribution is 0.169. The molecule has 0 spiro atoms. The van der Waals surface area contributed by atoms with Crippen LogP contribution in [0, 0.1) is 0 Å². The summed E-state index contributed by atoms with van der Waals surface area (Å²) in [6.07, 6.45) is -0.231. The number of phenolic OH excluding ortho intramolecular Hbond substituents is 1. The Morgan fingerprint density at radius 1 is 1.53 bits per heavy atom. The van der Waals surface area contributed by atoms with Crippen molar-refractivity contribution in [3.05, 3.63) is 22.2 Å². The van der Waals surface area contributed by atoms with E-state index >= 15 is 0 Å². The number of halogens is 1. The minimum Gasteiger partial charge on any atom is -0.503 e. The first kappa shape index (κ1) is 12.3. The van der Waals surface area contributed by atoms with Gasteiger partial charge in [-0.15, -0.1) is 0 Å². The second-order valence-electron chi connectivity index (χ2n) is 3.11. The molecule has 1 unspecified atom stereocenters. The van der Waals surface area contributed by atoms with Gasteiger partial charge in [-0.2, -0.15) is 0 Å². The van der Waals surface area contributed by atoms with E-state index in [1.165, 1.54) is 7.11 Å². The zero-order valence-corrected chi connectivity index (χ0v) is 9.99. The number of ether oxygens (including phenoxy) is 1. The Bertz CT molecular complexity index is 344. The monoisotopic (exact) mass is 275 g/mol. The molecule has 0 radical (unpaired) electrons. The molecule has 4 N–H and O–H groups in total. The molecule has 0 saturated heterocycles. The van der Waals surface area contributed by atoms with Crippen LogP contribution in [0.1, 0.15) is 18.1 Å². The molecule has 1 aromatic carbocycles. The fourth-order valence-corrected chi connectivity index (χ4v) is 1.89. The molecule has 0 bridgehead atoms. The smallest absolute Gasteiger partial charge is 0.172 e. The van der Waals surface area contributed by atoms with E-state index in [1.807, 2.05) is 0 Å². The molecule has 15 heavy (non-hydrogen) atoms. The maximum Gasteiger partial charge on any atom is 0.172 e. The van der Waals surface area contributed by atoms with Crippen molar-refractivity contribution in [2.75, 3.05) is 13.7 Å². The van der Waals surface area contributed by atoms with E-state index in [2.05, 4.69) is 15.9 Å². The topological polar surface area (TPSA) is 75.7 Å². The van der Waals surface area contributed by atoms with Crippen LogP contribution >= 0.6 is 15.9 Å². The van der Waals surface area contributed by atoms with Gasteiger partial charge in [-0.1, -0.05) is 6.07 Å². The average Bonchev–Trinajstić information content (AvgIpc) is 2.22. The Kier molecular flexibility index (Phi) is 4.38. The van der Waals surface area contributed by atoms with Gasteiger partial charge in [0.1, 0.15) is 0 Å². The van der Waals surface area contributed by atoms with E-state index in [9.17, 15) is 10.2 Å². The highest BCUT2D eigenvalue weighted by Crippen LogP contribution is 2.39. The molecule has 1 aromatic rings. The summed E-state index contributed by atoms with van der Waals surface area (Å²) in [7, 11) is 1.47. The third-order valence-corrected chi connectivity index (χ3v) is 2.96. The molecule has 0 amide bonds. The van der Waals surface area contributed by atoms with Gasteiger partial charge in [0.05, 0.1) is 17.7 Å². The molecule has 0 saturated carbocycles. The molecular formula is C10H14BrNO3. The van der Waals surface area contributed by atoms with Crippen molar-refractivity contribution in [3.8, 4) is 11.5 Å². The van der Waals surface area contributed by atoms with Gasteiger partial charge in [0, 0.05) is 0 Å². The van der Waals surface area contributed by atoms with Gasteiger partial charge in [-0.3, -0.25) is 0 Å². The standard InChI is InChI=1S/C10H14BrNO3/c1-15-8-3-2-6(7(13)4-5-12)9(11)10(8)14/h2-3,7,13-14H,4-5,12H2,1H3. The first-order valence-electron chi connectivity index (χ1n) is 4.55. The van der Waals surface area contributed by atoms with E-state index in [0.29, 0.717) is 28.8 Å². The van der Waals surface area contributed by atoms with Crippen molar-refractivity contribution >= 4 is 15.9 Å². The normalized spacial score (nSPS) is 12.5. The molecule has 0 aliphatic heterocycles. The number of aliphatic hydroxyl groups is 1. The van der Waals surface area contributed by atoms with Crippen LogP contribution in [0.15, 0.2) is 16.6 Å². The summed E-state index contributed by atoms with van der Waals surface area (Å²) in [5.74, 6) is 0.358. The number of nitrogens with two attached hydrogens (primary N) is 1. The summed E-state index contributed by atoms with van der Waals surface area (Å²) in [6.45, 7) is 0.389. The van der Waals surface area contributed by atoms with Crippen molar-refractivity contribution in [3.63, 3.8) is 0 Å². The van der Waals surface area contributed by atoms with Crippen LogP contribution in [0.4, 0.5) is 0 Å². The lowest BCUT2D eigenvalue weighted by atomic mass is 10.1. The van der Waals surface area contributed by atoms with Gasteiger partial charge in [0.2, 0.25) is 0 Å². The summed E-state index contributed by atoms with van der Waals surface area (Å²) in [6, 6.07) is 3.30. The Morgan fingerprint density at radius 3 is 2.73 bits per heavy atom. The Balaban J connectivity index is 3.06. The molecule has 0 heterocycles. The van der Waals surface area contributed by atoms with Crippen LogP contribution in [-0.4, -0.2) is 23.9 Å². The van der Waals surface area contributed by atoms with E-state index < -0.39 is 6.10 Å². The average molecular weight is 276 g/mol. The van der Waals surface area contributed by atoms with Gasteiger partial charge in [-0.25, -0.2) is 0 Å². The molecule has 84 valence electrons. The van der Waals surface area contributed by atoms with Crippen LogP contribution in [0.25, 0.3) is 0 Å². The highest BCUT2D eigenvalue weighted by molar-refractivity contribution is 9.10. The zero-order valence-electron chi connectivity index (χ0n) is 8.40. The van der Waals surface area contributed by atoms with Crippen molar-refractivity contribution in [1.82, 2.24) is 0 Å². The number of benzene rings is 1. The van der Waals surface area contributed by atoms with Crippen molar-refractivity contribution in [1.29, 1.82) is 0 Å². The molecule has 4 nitrogen and oxygen atoms in total. The fraction of sp³-hybridized carbons (Fsp3) is 0.400. The number of hydrogen-bond acceptors (Lipinski definition) is 4. The van der Waals surface area contributed by atoms with Gasteiger partial charge in [-0.05, 0) is 40.5 Å². The highest BCUT2D eigenvalue weighted by Gasteiger charge is 2.16. The lowest BCUT2D eigenvalue weighted by Gasteiger charge is -2.14. The minimum absolute atomic E-state index is 0.00827. The Labute approximate surface area is 96.8 Å². The highest BCUT2D eigenvalue weighted by atomic mass is 79.9. The van der Waals surface area contributed by atoms with Crippen molar-refractivity contribution in [2.24, 2.45) is 5.73 Å². The second kappa shape index (κ2) is 5.34. The molecular weight excluding hydrogens is 262 g/mol.